The van der Waals surface area contributed by atoms with Crippen molar-refractivity contribution in [1.29, 1.82) is 0 Å². The predicted octanol–water partition coefficient (Wildman–Crippen LogP) is 5.55. The molecule has 0 heterocycles. The molecule has 4 nitrogen and oxygen atoms in total. The Hall–Kier alpha value is -2.92. The normalized spacial score (nSPS) is 11.7. The Labute approximate surface area is 176 Å². The smallest absolute Gasteiger partial charge is 0.237 e. The van der Waals surface area contributed by atoms with E-state index < -0.39 is 0 Å². The number of hydrogen-bond acceptors (Lipinski definition) is 4. The van der Waals surface area contributed by atoms with Gasteiger partial charge in [0.05, 0.1) is 30.4 Å². The van der Waals surface area contributed by atoms with E-state index in [1.54, 1.807) is 44.2 Å². The zero-order valence-corrected chi connectivity index (χ0v) is 17.6. The highest BCUT2D eigenvalue weighted by atomic mass is 32.2. The van der Waals surface area contributed by atoms with Gasteiger partial charge in [0, 0.05) is 6.07 Å². The molecule has 0 saturated carbocycles. The highest BCUT2D eigenvalue weighted by molar-refractivity contribution is 8.01. The Morgan fingerprint density at radius 1 is 0.862 bits per heavy atom. The molecule has 0 aliphatic heterocycles. The van der Waals surface area contributed by atoms with Crippen molar-refractivity contribution < 1.29 is 14.3 Å². The van der Waals surface area contributed by atoms with E-state index in [4.69, 9.17) is 9.47 Å². The van der Waals surface area contributed by atoms with Crippen LogP contribution in [0.3, 0.4) is 0 Å². The minimum absolute atomic E-state index is 0.0605. The van der Waals surface area contributed by atoms with Crippen LogP contribution in [0, 0.1) is 0 Å². The van der Waals surface area contributed by atoms with Gasteiger partial charge in [0.2, 0.25) is 5.91 Å². The van der Waals surface area contributed by atoms with Crippen LogP contribution >= 0.6 is 11.8 Å². The van der Waals surface area contributed by atoms with Gasteiger partial charge >= 0.3 is 0 Å². The van der Waals surface area contributed by atoms with Crippen molar-refractivity contribution in [3.8, 4) is 11.5 Å². The van der Waals surface area contributed by atoms with Crippen LogP contribution < -0.4 is 14.8 Å². The highest BCUT2D eigenvalue weighted by Gasteiger charge is 2.23. The van der Waals surface area contributed by atoms with Crippen LogP contribution in [0.25, 0.3) is 0 Å². The quantitative estimate of drug-likeness (QED) is 0.531. The first-order valence-electron chi connectivity index (χ1n) is 9.40. The second-order valence-corrected chi connectivity index (χ2v) is 7.99. The van der Waals surface area contributed by atoms with Crippen molar-refractivity contribution >= 4 is 23.4 Å². The molecule has 3 rings (SSSR count). The summed E-state index contributed by atoms with van der Waals surface area (Å²) in [6.45, 7) is 1.92. The van der Waals surface area contributed by atoms with Gasteiger partial charge in [-0.15, -0.1) is 11.8 Å². The number of methoxy groups -OCH3 is 2. The Morgan fingerprint density at radius 3 is 1.97 bits per heavy atom. The molecule has 1 atom stereocenters. The lowest BCUT2D eigenvalue weighted by molar-refractivity contribution is -0.115. The van der Waals surface area contributed by atoms with Crippen molar-refractivity contribution in [3.05, 3.63) is 90.0 Å². The summed E-state index contributed by atoms with van der Waals surface area (Å²) >= 11 is 1.62. The maximum absolute atomic E-state index is 13.0. The van der Waals surface area contributed by atoms with Crippen LogP contribution in [0.15, 0.2) is 78.9 Å². The number of carbonyl (C=O) groups excluding carboxylic acids is 1. The zero-order valence-electron chi connectivity index (χ0n) is 16.8. The van der Waals surface area contributed by atoms with Crippen LogP contribution in [0.5, 0.6) is 11.5 Å². The van der Waals surface area contributed by atoms with Gasteiger partial charge in [-0.25, -0.2) is 0 Å². The lowest BCUT2D eigenvalue weighted by Gasteiger charge is -2.22. The molecule has 0 fully saturated rings. The first kappa shape index (κ1) is 20.8. The minimum atomic E-state index is -0.281. The number of anilines is 1. The van der Waals surface area contributed by atoms with E-state index >= 15 is 0 Å². The number of nitrogens with one attached hydrogen (secondary N) is 1. The van der Waals surface area contributed by atoms with Crippen molar-refractivity contribution in [2.75, 3.05) is 19.5 Å². The Balaban J connectivity index is 1.79. The van der Waals surface area contributed by atoms with Crippen LogP contribution in [-0.4, -0.2) is 25.4 Å². The van der Waals surface area contributed by atoms with Gasteiger partial charge in [-0.2, -0.15) is 0 Å². The lowest BCUT2D eigenvalue weighted by atomic mass is 10.0. The van der Waals surface area contributed by atoms with Crippen LogP contribution in [0.2, 0.25) is 0 Å². The van der Waals surface area contributed by atoms with Crippen molar-refractivity contribution in [2.45, 2.75) is 17.4 Å². The Kier molecular flexibility index (Phi) is 7.19. The minimum Gasteiger partial charge on any atom is -0.497 e. The molecule has 1 N–H and O–H groups in total. The van der Waals surface area contributed by atoms with Crippen molar-refractivity contribution in [3.63, 3.8) is 0 Å². The fourth-order valence-corrected chi connectivity index (χ4v) is 4.24. The van der Waals surface area contributed by atoms with E-state index in [0.717, 1.165) is 0 Å². The Bertz CT molecular complexity index is 892. The third kappa shape index (κ3) is 5.33. The van der Waals surface area contributed by atoms with Gasteiger partial charge in [-0.1, -0.05) is 60.7 Å². The first-order chi connectivity index (χ1) is 14.1. The summed E-state index contributed by atoms with van der Waals surface area (Å²) < 4.78 is 10.6. The average molecular weight is 408 g/mol. The molecule has 3 aromatic carbocycles. The second kappa shape index (κ2) is 10.0. The van der Waals surface area contributed by atoms with E-state index in [2.05, 4.69) is 29.6 Å². The molecule has 3 aromatic rings. The molecule has 150 valence electrons. The number of carbonyl (C=O) groups is 1. The van der Waals surface area contributed by atoms with Gasteiger partial charge < -0.3 is 14.8 Å². The predicted molar refractivity (Wildman–Crippen MR) is 120 cm³/mol. The molecule has 1 amide bonds. The average Bonchev–Trinajstić information content (AvgIpc) is 2.78. The molecule has 0 saturated heterocycles. The largest absolute Gasteiger partial charge is 0.497 e. The molecule has 0 bridgehead atoms. The molecule has 0 aromatic heterocycles. The highest BCUT2D eigenvalue weighted by Crippen LogP contribution is 2.39. The summed E-state index contributed by atoms with van der Waals surface area (Å²) in [5.74, 6) is 1.17. The summed E-state index contributed by atoms with van der Waals surface area (Å²) in [4.78, 5) is 13.0. The standard InChI is InChI=1S/C24H25NO3S/c1-17(24(26)25-21-16-20(27-2)14-15-22(21)28-3)29-23(18-10-6-4-7-11-18)19-12-8-5-9-13-19/h4-17,23H,1-3H3,(H,25,26). The molecule has 5 heteroatoms. The SMILES string of the molecule is COc1ccc(OC)c(NC(=O)C(C)SC(c2ccccc2)c2ccccc2)c1. The van der Waals surface area contributed by atoms with Crippen molar-refractivity contribution in [2.24, 2.45) is 0 Å². The maximum Gasteiger partial charge on any atom is 0.237 e. The number of rotatable bonds is 8. The number of amides is 1. The molecule has 29 heavy (non-hydrogen) atoms. The van der Waals surface area contributed by atoms with Gasteiger partial charge in [0.15, 0.2) is 0 Å². The van der Waals surface area contributed by atoms with E-state index in [1.165, 1.54) is 11.1 Å². The fourth-order valence-electron chi connectivity index (χ4n) is 3.02. The number of benzene rings is 3. The van der Waals surface area contributed by atoms with E-state index in [9.17, 15) is 4.79 Å². The molecule has 1 unspecified atom stereocenters. The third-order valence-corrected chi connectivity index (χ3v) is 6.02. The Morgan fingerprint density at radius 2 is 1.45 bits per heavy atom. The summed E-state index contributed by atoms with van der Waals surface area (Å²) in [7, 11) is 3.17. The number of hydrogen-bond donors (Lipinski definition) is 1. The summed E-state index contributed by atoms with van der Waals surface area (Å²) in [6.07, 6.45) is 0. The molecule has 0 spiro atoms. The maximum atomic E-state index is 13.0. The summed E-state index contributed by atoms with van der Waals surface area (Å²) in [5, 5.41) is 2.76. The number of thioether (sulfide) groups is 1. The molecule has 0 aliphatic carbocycles. The van der Waals surface area contributed by atoms with E-state index in [0.29, 0.717) is 17.2 Å². The summed E-state index contributed by atoms with van der Waals surface area (Å²) in [5.41, 5.74) is 2.94. The third-order valence-electron chi connectivity index (χ3n) is 4.58. The molecule has 0 radical (unpaired) electrons. The second-order valence-electron chi connectivity index (χ2n) is 6.54. The first-order valence-corrected chi connectivity index (χ1v) is 10.3. The number of ether oxygens (including phenoxy) is 2. The van der Waals surface area contributed by atoms with Crippen LogP contribution in [-0.2, 0) is 4.79 Å². The van der Waals surface area contributed by atoms with Crippen LogP contribution in [0.4, 0.5) is 5.69 Å². The topological polar surface area (TPSA) is 47.6 Å². The monoisotopic (exact) mass is 407 g/mol. The molecular weight excluding hydrogens is 382 g/mol. The molecular formula is C24H25NO3S. The zero-order chi connectivity index (χ0) is 20.6. The van der Waals surface area contributed by atoms with Crippen LogP contribution in [0.1, 0.15) is 23.3 Å². The summed E-state index contributed by atoms with van der Waals surface area (Å²) in [6, 6.07) is 25.8. The van der Waals surface area contributed by atoms with Gasteiger partial charge in [0.1, 0.15) is 11.5 Å². The van der Waals surface area contributed by atoms with Gasteiger partial charge in [-0.3, -0.25) is 4.79 Å². The van der Waals surface area contributed by atoms with E-state index in [-0.39, 0.29) is 16.4 Å². The van der Waals surface area contributed by atoms with Gasteiger partial charge in [-0.05, 0) is 30.2 Å². The lowest BCUT2D eigenvalue weighted by Crippen LogP contribution is -2.24. The fraction of sp³-hybridized carbons (Fsp3) is 0.208. The van der Waals surface area contributed by atoms with Gasteiger partial charge in [0.25, 0.3) is 0 Å². The van der Waals surface area contributed by atoms with E-state index in [1.807, 2.05) is 43.3 Å². The molecule has 0 aliphatic rings. The van der Waals surface area contributed by atoms with Crippen molar-refractivity contribution in [1.82, 2.24) is 0 Å².